The highest BCUT2D eigenvalue weighted by atomic mass is 19.4. The van der Waals surface area contributed by atoms with Crippen molar-refractivity contribution in [3.63, 3.8) is 0 Å². The van der Waals surface area contributed by atoms with Crippen LogP contribution in [0.5, 0.6) is 0 Å². The first kappa shape index (κ1) is 23.1. The van der Waals surface area contributed by atoms with Crippen molar-refractivity contribution in [1.82, 2.24) is 15.1 Å². The Morgan fingerprint density at radius 3 is 2.53 bits per heavy atom. The number of halogens is 3. The summed E-state index contributed by atoms with van der Waals surface area (Å²) in [7, 11) is 0. The molecule has 0 bridgehead atoms. The molecule has 1 fully saturated rings. The Balaban J connectivity index is 1.42. The number of aliphatic hydroxyl groups excluding tert-OH is 1. The Labute approximate surface area is 188 Å². The molecule has 1 aromatic carbocycles. The average Bonchev–Trinajstić information content (AvgIpc) is 3.25. The number of carbonyl (C=O) groups is 2. The number of benzene rings is 1. The lowest BCUT2D eigenvalue weighted by atomic mass is 10.1. The number of ether oxygens (including phenoxy) is 1. The van der Waals surface area contributed by atoms with Crippen LogP contribution in [0.15, 0.2) is 51.9 Å². The number of aliphatic hydroxyl groups is 1. The Hall–Kier alpha value is -4.04. The first-order valence-electron chi connectivity index (χ1n) is 9.75. The number of aromatic nitrogens is 3. The van der Waals surface area contributed by atoms with Gasteiger partial charge in [-0.1, -0.05) is 5.16 Å². The van der Waals surface area contributed by atoms with Crippen molar-refractivity contribution in [2.24, 2.45) is 0 Å². The third-order valence-corrected chi connectivity index (χ3v) is 4.90. The van der Waals surface area contributed by atoms with Crippen molar-refractivity contribution in [1.29, 1.82) is 0 Å². The first-order valence-corrected chi connectivity index (χ1v) is 9.75. The molecular formula is C20H16F3N5O6. The fraction of sp³-hybridized carbons (Fsp3) is 0.250. The Morgan fingerprint density at radius 1 is 1.21 bits per heavy atom. The molecule has 2 aromatic heterocycles. The van der Waals surface area contributed by atoms with Crippen molar-refractivity contribution in [2.45, 2.75) is 18.4 Å². The van der Waals surface area contributed by atoms with Crippen LogP contribution in [0.4, 0.5) is 24.7 Å². The fourth-order valence-electron chi connectivity index (χ4n) is 3.19. The molecule has 3 heterocycles. The van der Waals surface area contributed by atoms with E-state index in [0.29, 0.717) is 11.8 Å². The molecule has 11 nitrogen and oxygen atoms in total. The number of hydrogen-bond acceptors (Lipinski definition) is 8. The molecule has 0 unspecified atom stereocenters. The van der Waals surface area contributed by atoms with Crippen LogP contribution in [-0.4, -0.2) is 57.4 Å². The molecule has 34 heavy (non-hydrogen) atoms. The zero-order valence-electron chi connectivity index (χ0n) is 17.1. The van der Waals surface area contributed by atoms with Gasteiger partial charge in [0.25, 0.3) is 11.8 Å². The molecule has 1 aliphatic heterocycles. The molecule has 1 aliphatic rings. The van der Waals surface area contributed by atoms with Crippen molar-refractivity contribution in [3.8, 4) is 11.4 Å². The molecule has 0 spiro atoms. The summed E-state index contributed by atoms with van der Waals surface area (Å²) in [6.45, 7) is -0.0955. The minimum atomic E-state index is -4.58. The first-order chi connectivity index (χ1) is 16.1. The highest BCUT2D eigenvalue weighted by Crippen LogP contribution is 2.30. The lowest BCUT2D eigenvalue weighted by molar-refractivity contribution is -0.150. The fourth-order valence-corrected chi connectivity index (χ4v) is 3.19. The number of aromatic amines is 1. The summed E-state index contributed by atoms with van der Waals surface area (Å²) in [5.74, 6) is -2.38. The number of nitrogens with one attached hydrogen (secondary N) is 2. The van der Waals surface area contributed by atoms with E-state index in [9.17, 15) is 32.7 Å². The van der Waals surface area contributed by atoms with Crippen molar-refractivity contribution < 1.29 is 37.1 Å². The Bertz CT molecular complexity index is 1240. The summed E-state index contributed by atoms with van der Waals surface area (Å²) in [6, 6.07) is 7.79. The third-order valence-electron chi connectivity index (χ3n) is 4.90. The highest BCUT2D eigenvalue weighted by Gasteiger charge is 2.40. The standard InChI is InChI=1S/C20H16F3N5O6/c21-20(22,23)11-3-6-13(24-9-11)28-7-8-33-15(18(28)31)14(29)17(30)25-12-4-1-10(2-5-12)16-26-19(32)34-27-16/h1-6,9,14-15,29H,7-8H2,(H,25,30)(H,26,27,32)/t14-,15-/m1/s1. The average molecular weight is 479 g/mol. The molecule has 0 saturated carbocycles. The number of hydrogen-bond donors (Lipinski definition) is 3. The van der Waals surface area contributed by atoms with Gasteiger partial charge in [0.2, 0.25) is 0 Å². The van der Waals surface area contributed by atoms with Crippen molar-refractivity contribution >= 4 is 23.3 Å². The van der Waals surface area contributed by atoms with Gasteiger partial charge in [-0.3, -0.25) is 24.0 Å². The van der Waals surface area contributed by atoms with Gasteiger partial charge in [0.05, 0.1) is 18.7 Å². The molecule has 4 rings (SSSR count). The molecule has 0 aliphatic carbocycles. The number of H-pyrrole nitrogens is 1. The second-order valence-corrected chi connectivity index (χ2v) is 7.14. The number of carbonyl (C=O) groups excluding carboxylic acids is 2. The van der Waals surface area contributed by atoms with Crippen molar-refractivity contribution in [3.05, 3.63) is 58.7 Å². The molecule has 14 heteroatoms. The van der Waals surface area contributed by atoms with E-state index in [1.54, 1.807) is 0 Å². The summed E-state index contributed by atoms with van der Waals surface area (Å²) in [6.07, 6.45) is -7.48. The van der Waals surface area contributed by atoms with Crippen LogP contribution in [0.3, 0.4) is 0 Å². The minimum absolute atomic E-state index is 0.0202. The zero-order chi connectivity index (χ0) is 24.5. The molecular weight excluding hydrogens is 463 g/mol. The molecule has 0 radical (unpaired) electrons. The normalized spacial score (nSPS) is 17.5. The molecule has 1 saturated heterocycles. The maximum atomic E-state index is 12.8. The van der Waals surface area contributed by atoms with Crippen LogP contribution < -0.4 is 16.0 Å². The number of anilines is 2. The Morgan fingerprint density at radius 2 is 1.94 bits per heavy atom. The van der Waals surface area contributed by atoms with E-state index in [0.717, 1.165) is 17.0 Å². The lowest BCUT2D eigenvalue weighted by Crippen LogP contribution is -2.55. The zero-order valence-corrected chi connectivity index (χ0v) is 17.1. The van der Waals surface area contributed by atoms with E-state index < -0.39 is 41.5 Å². The van der Waals surface area contributed by atoms with Crippen LogP contribution in [0.2, 0.25) is 0 Å². The van der Waals surface area contributed by atoms with Gasteiger partial charge >= 0.3 is 11.9 Å². The highest BCUT2D eigenvalue weighted by molar-refractivity contribution is 6.03. The minimum Gasteiger partial charge on any atom is -0.380 e. The second kappa shape index (κ2) is 9.07. The van der Waals surface area contributed by atoms with E-state index in [-0.39, 0.29) is 30.5 Å². The maximum absolute atomic E-state index is 12.8. The monoisotopic (exact) mass is 479 g/mol. The largest absolute Gasteiger partial charge is 0.439 e. The van der Waals surface area contributed by atoms with E-state index in [2.05, 4.69) is 25.0 Å². The summed E-state index contributed by atoms with van der Waals surface area (Å²) < 4.78 is 47.9. The van der Waals surface area contributed by atoms with E-state index in [4.69, 9.17) is 4.74 Å². The summed E-state index contributed by atoms with van der Waals surface area (Å²) in [5.41, 5.74) is -0.216. The number of morpholine rings is 1. The lowest BCUT2D eigenvalue weighted by Gasteiger charge is -2.33. The number of nitrogens with zero attached hydrogens (tertiary/aromatic N) is 3. The van der Waals surface area contributed by atoms with Gasteiger partial charge in [-0.05, 0) is 36.4 Å². The second-order valence-electron chi connectivity index (χ2n) is 7.14. The summed E-state index contributed by atoms with van der Waals surface area (Å²) in [4.78, 5) is 43.4. The van der Waals surface area contributed by atoms with Gasteiger partial charge in [-0.2, -0.15) is 13.2 Å². The molecule has 178 valence electrons. The van der Waals surface area contributed by atoms with E-state index in [1.807, 2.05) is 0 Å². The van der Waals surface area contributed by atoms with Crippen LogP contribution in [-0.2, 0) is 20.5 Å². The number of alkyl halides is 3. The van der Waals surface area contributed by atoms with Gasteiger partial charge in [0.15, 0.2) is 18.0 Å². The summed E-state index contributed by atoms with van der Waals surface area (Å²) >= 11 is 0. The predicted octanol–water partition coefficient (Wildman–Crippen LogP) is 1.18. The van der Waals surface area contributed by atoms with Gasteiger partial charge in [0.1, 0.15) is 5.82 Å². The van der Waals surface area contributed by atoms with Gasteiger partial charge in [-0.15, -0.1) is 0 Å². The smallest absolute Gasteiger partial charge is 0.380 e. The molecule has 3 N–H and O–H groups in total. The summed E-state index contributed by atoms with van der Waals surface area (Å²) in [5, 5.41) is 16.4. The SMILES string of the molecule is O=C(Nc1ccc(-c2noc(=O)[nH]2)cc1)[C@H](O)[C@H]1OCCN(c2ccc(C(F)(F)F)cn2)C1=O. The topological polar surface area (TPSA) is 151 Å². The number of amides is 2. The van der Waals surface area contributed by atoms with Crippen LogP contribution in [0.1, 0.15) is 5.56 Å². The van der Waals surface area contributed by atoms with Crippen LogP contribution in [0, 0.1) is 0 Å². The van der Waals surface area contributed by atoms with E-state index >= 15 is 0 Å². The van der Waals surface area contributed by atoms with Gasteiger partial charge in [-0.25, -0.2) is 9.78 Å². The van der Waals surface area contributed by atoms with Crippen molar-refractivity contribution in [2.75, 3.05) is 23.4 Å². The third kappa shape index (κ3) is 4.82. The number of pyridine rings is 1. The molecule has 2 atom stereocenters. The maximum Gasteiger partial charge on any atom is 0.439 e. The van der Waals surface area contributed by atoms with Gasteiger partial charge in [0, 0.05) is 17.4 Å². The van der Waals surface area contributed by atoms with Crippen LogP contribution in [0.25, 0.3) is 11.4 Å². The number of rotatable bonds is 5. The molecule has 2 amide bonds. The molecule has 3 aromatic rings. The predicted molar refractivity (Wildman–Crippen MR) is 109 cm³/mol. The van der Waals surface area contributed by atoms with E-state index in [1.165, 1.54) is 24.3 Å². The van der Waals surface area contributed by atoms with Gasteiger partial charge < -0.3 is 15.2 Å². The Kier molecular flexibility index (Phi) is 6.17. The quantitative estimate of drug-likeness (QED) is 0.494. The van der Waals surface area contributed by atoms with Crippen LogP contribution >= 0.6 is 0 Å².